The van der Waals surface area contributed by atoms with E-state index in [2.05, 4.69) is 6.92 Å². The van der Waals surface area contributed by atoms with E-state index in [9.17, 15) is 9.59 Å². The highest BCUT2D eigenvalue weighted by molar-refractivity contribution is 6.10. The lowest BCUT2D eigenvalue weighted by atomic mass is 9.97. The number of unbranched alkanes of at least 4 members (excludes halogenated alkanes) is 5. The lowest BCUT2D eigenvalue weighted by Gasteiger charge is -2.19. The van der Waals surface area contributed by atoms with Gasteiger partial charge in [-0.15, -0.1) is 0 Å². The predicted octanol–water partition coefficient (Wildman–Crippen LogP) is 11.4. The number of aromatic nitrogens is 1. The molecule has 31 heteroatoms. The predicted molar refractivity (Wildman–Crippen MR) is 463 cm³/mol. The van der Waals surface area contributed by atoms with Crippen molar-refractivity contribution in [3.8, 4) is 34.5 Å². The van der Waals surface area contributed by atoms with Crippen molar-refractivity contribution in [2.75, 3.05) is 281 Å². The molecule has 0 saturated carbocycles. The number of nitrogens with zero attached hydrogens (tertiary/aromatic N) is 1. The molecule has 680 valence electrons. The van der Waals surface area contributed by atoms with Crippen LogP contribution in [0.3, 0.4) is 0 Å². The zero-order chi connectivity index (χ0) is 87.0. The molecule has 0 saturated heterocycles. The number of methoxy groups -OCH3 is 6. The van der Waals surface area contributed by atoms with Gasteiger partial charge in [0.2, 0.25) is 11.5 Å². The summed E-state index contributed by atoms with van der Waals surface area (Å²) in [6, 6.07) is 29.4. The smallest absolute Gasteiger partial charge is 0.339 e. The van der Waals surface area contributed by atoms with E-state index in [1.54, 1.807) is 79.1 Å². The second kappa shape index (κ2) is 60.9. The molecular weight excluding hydrogens is 1600 g/mol. The van der Waals surface area contributed by atoms with Gasteiger partial charge in [-0.2, -0.15) is 0 Å². The molecule has 0 aliphatic rings. The van der Waals surface area contributed by atoms with Crippen molar-refractivity contribution < 1.29 is 133 Å². The van der Waals surface area contributed by atoms with Gasteiger partial charge in [0.1, 0.15) is 52.9 Å². The van der Waals surface area contributed by atoms with Crippen molar-refractivity contribution in [1.82, 2.24) is 4.57 Å². The first-order chi connectivity index (χ1) is 60.5. The van der Waals surface area contributed by atoms with Crippen molar-refractivity contribution in [2.45, 2.75) is 65.2 Å². The molecule has 0 aliphatic carbocycles. The molecule has 8 rings (SSSR count). The molecular formula is C92H127NO30. The van der Waals surface area contributed by atoms with Gasteiger partial charge in [-0.3, -0.25) is 14.2 Å². The van der Waals surface area contributed by atoms with Gasteiger partial charge in [0.05, 0.1) is 220 Å². The van der Waals surface area contributed by atoms with Crippen LogP contribution < -0.4 is 39.5 Å². The summed E-state index contributed by atoms with van der Waals surface area (Å²) < 4.78 is 152. The Kier molecular flexibility index (Phi) is 49.5. The maximum atomic E-state index is 15.3. The molecule has 0 aliphatic heterocycles. The number of fused-ring (bicyclic) bond motifs is 5. The molecule has 0 spiro atoms. The van der Waals surface area contributed by atoms with Crippen LogP contribution in [0, 0.1) is 0 Å². The van der Waals surface area contributed by atoms with Crippen molar-refractivity contribution >= 4 is 65.8 Å². The van der Waals surface area contributed by atoms with Gasteiger partial charge < -0.3 is 123 Å². The maximum absolute atomic E-state index is 15.3. The number of hydrogen-bond acceptors (Lipinski definition) is 30. The Hall–Kier alpha value is -8.52. The molecule has 0 radical (unpaired) electrons. The number of carbonyl (C=O) groups is 2. The summed E-state index contributed by atoms with van der Waals surface area (Å²) in [5.74, 6) is -0.300. The fraction of sp³-hybridized carbons (Fsp3) is 0.565. The first-order valence-electron chi connectivity index (χ1n) is 42.3. The highest BCUT2D eigenvalue weighted by Crippen LogP contribution is 2.42. The number of ether oxygens (including phenoxy) is 26. The third-order valence-electron chi connectivity index (χ3n) is 19.0. The number of benzene rings is 6. The van der Waals surface area contributed by atoms with Crippen molar-refractivity contribution in [3.63, 3.8) is 0 Å². The van der Waals surface area contributed by atoms with E-state index in [0.29, 0.717) is 198 Å². The Bertz CT molecular complexity index is 4110. The zero-order valence-corrected chi connectivity index (χ0v) is 72.8. The van der Waals surface area contributed by atoms with Crippen molar-refractivity contribution in [3.05, 3.63) is 140 Å². The van der Waals surface area contributed by atoms with Crippen LogP contribution in [0.4, 0.5) is 0 Å². The molecule has 0 unspecified atom stereocenters. The van der Waals surface area contributed by atoms with Gasteiger partial charge in [0, 0.05) is 49.2 Å². The van der Waals surface area contributed by atoms with Gasteiger partial charge in [0.25, 0.3) is 11.1 Å². The summed E-state index contributed by atoms with van der Waals surface area (Å²) in [5, 5.41) is 6.91. The van der Waals surface area contributed by atoms with Gasteiger partial charge in [-0.25, -0.2) is 9.59 Å². The summed E-state index contributed by atoms with van der Waals surface area (Å²) in [6.45, 7) is 12.3. The number of esters is 2. The number of hydrogen-bond donors (Lipinski definition) is 0. The quantitative estimate of drug-likeness (QED) is 0.0252. The van der Waals surface area contributed by atoms with Crippen molar-refractivity contribution in [1.29, 1.82) is 0 Å². The fourth-order valence-corrected chi connectivity index (χ4v) is 12.7. The van der Waals surface area contributed by atoms with Crippen LogP contribution in [-0.4, -0.2) is 297 Å². The molecule has 7 aromatic carbocycles. The standard InChI is InChI=1S/C92H127NO30/c1-8-9-10-11-12-13-18-93-89(94)79-63-75-59-71-14-16-73-61-77-65-81(91(96)122-67-69-55-83(116-49-43-110-37-31-104-25-19-98-2)87(120-53-47-114-41-35-108-29-23-102-6)84(56-69)117-50-44-111-38-32-105-26-20-99-3)82(66-78(77)62-74(73)17-15-72(71)60-76(75)64-80(79)90(93)95)92(97)123-68-70-57-85(118-51-45-112-39-33-106-27-21-100-4)88(121-54-48-115-42-36-109-30-24-103-7)86(58-70)119-52-46-113-40-34-107-28-22-101-5/h14-17,55-66H,8-13,18-54,67-68H2,1-7H3. The van der Waals surface area contributed by atoms with Crippen LogP contribution in [0.15, 0.2) is 107 Å². The highest BCUT2D eigenvalue weighted by Gasteiger charge is 2.26. The van der Waals surface area contributed by atoms with Crippen LogP contribution in [0.1, 0.15) is 77.3 Å². The van der Waals surface area contributed by atoms with Gasteiger partial charge in [-0.1, -0.05) is 63.3 Å². The minimum absolute atomic E-state index is 0.0661. The lowest BCUT2D eigenvalue weighted by Crippen LogP contribution is -2.25. The first-order valence-corrected chi connectivity index (χ1v) is 42.3. The molecule has 0 bridgehead atoms. The zero-order valence-electron chi connectivity index (χ0n) is 72.8. The normalized spacial score (nSPS) is 11.6. The Morgan fingerprint density at radius 2 is 0.496 bits per heavy atom. The largest absolute Gasteiger partial charge is 0.487 e. The van der Waals surface area contributed by atoms with Crippen LogP contribution in [-0.2, 0) is 114 Å². The van der Waals surface area contributed by atoms with Crippen LogP contribution in [0.25, 0.3) is 53.9 Å². The molecule has 8 aromatic rings. The number of rotatable bonds is 73. The Balaban J connectivity index is 1.16. The molecule has 0 atom stereocenters. The Morgan fingerprint density at radius 3 is 0.764 bits per heavy atom. The SMILES string of the molecule is CCCCCCCCn1c(=O)c2cc3cc4ccc5cc6cc(C(=O)OCc7cc(OCCOCCOCCOC)c(OCCOCCOCCOC)c(OCCOCCOCCOC)c7)c(C(=O)OCc7cc(OCCOCCOCCOC)c(OCCOCCOCCOC)c(OCCOCCOCCOC)c7)cc6cc5ccc4cc3cc2c1=O. The van der Waals surface area contributed by atoms with Gasteiger partial charge in [-0.05, 0) is 133 Å². The highest BCUT2D eigenvalue weighted by atomic mass is 16.6. The van der Waals surface area contributed by atoms with Crippen LogP contribution in [0.2, 0.25) is 0 Å². The summed E-state index contributed by atoms with van der Waals surface area (Å²) in [6.07, 6.45) is 6.17. The average molecular weight is 1730 g/mol. The molecule has 0 amide bonds. The number of carbonyl (C=O) groups excluding carboxylic acids is 2. The van der Waals surface area contributed by atoms with E-state index in [4.69, 9.17) is 123 Å². The van der Waals surface area contributed by atoms with Crippen LogP contribution in [0.5, 0.6) is 34.5 Å². The topological polar surface area (TPSA) is 313 Å². The Labute approximate surface area is 720 Å². The second-order valence-electron chi connectivity index (χ2n) is 28.0. The van der Waals surface area contributed by atoms with Crippen molar-refractivity contribution in [2.24, 2.45) is 0 Å². The average Bonchev–Trinajstić information content (AvgIpc) is 1.69. The summed E-state index contributed by atoms with van der Waals surface area (Å²) in [4.78, 5) is 58.4. The van der Waals surface area contributed by atoms with E-state index >= 15 is 9.59 Å². The van der Waals surface area contributed by atoms with E-state index < -0.39 is 11.9 Å². The third-order valence-corrected chi connectivity index (χ3v) is 19.0. The maximum Gasteiger partial charge on any atom is 0.339 e. The molecule has 1 heterocycles. The molecule has 123 heavy (non-hydrogen) atoms. The van der Waals surface area contributed by atoms with Gasteiger partial charge >= 0.3 is 11.9 Å². The Morgan fingerprint density at radius 1 is 0.260 bits per heavy atom. The minimum Gasteiger partial charge on any atom is -0.487 e. The van der Waals surface area contributed by atoms with Gasteiger partial charge in [0.15, 0.2) is 23.0 Å². The molecule has 1 aromatic heterocycles. The first kappa shape index (κ1) is 99.9. The third kappa shape index (κ3) is 36.2. The summed E-state index contributed by atoms with van der Waals surface area (Å²) >= 11 is 0. The lowest BCUT2D eigenvalue weighted by molar-refractivity contribution is 0.0146. The monoisotopic (exact) mass is 1730 g/mol. The van der Waals surface area contributed by atoms with Crippen LogP contribution >= 0.6 is 0 Å². The summed E-state index contributed by atoms with van der Waals surface area (Å²) in [7, 11) is 9.62. The minimum atomic E-state index is -0.872. The molecule has 0 N–H and O–H groups in total. The van der Waals surface area contributed by atoms with E-state index in [1.165, 1.54) is 4.57 Å². The fourth-order valence-electron chi connectivity index (χ4n) is 12.7. The molecule has 31 nitrogen and oxygen atoms in total. The second-order valence-corrected chi connectivity index (χ2v) is 28.0. The molecule has 0 fully saturated rings. The van der Waals surface area contributed by atoms with E-state index in [1.807, 2.05) is 60.7 Å². The summed E-state index contributed by atoms with van der Waals surface area (Å²) in [5.41, 5.74) is 0.0658. The van der Waals surface area contributed by atoms with E-state index in [-0.39, 0.29) is 149 Å². The van der Waals surface area contributed by atoms with E-state index in [0.717, 1.165) is 70.8 Å².